The Hall–Kier alpha value is -0.970. The lowest BCUT2D eigenvalue weighted by atomic mass is 10.3. The Labute approximate surface area is 93.5 Å². The van der Waals surface area contributed by atoms with Crippen LogP contribution in [0.5, 0.6) is 0 Å². The highest BCUT2D eigenvalue weighted by Gasteiger charge is 2.25. The van der Waals surface area contributed by atoms with Gasteiger partial charge in [0, 0.05) is 31.5 Å². The van der Waals surface area contributed by atoms with Gasteiger partial charge in [0.2, 0.25) is 0 Å². The van der Waals surface area contributed by atoms with E-state index in [2.05, 4.69) is 16.8 Å². The molecule has 0 bridgehead atoms. The molecule has 5 heteroatoms. The Bertz CT molecular complexity index is 304. The van der Waals surface area contributed by atoms with Gasteiger partial charge in [-0.15, -0.1) is 0 Å². The van der Waals surface area contributed by atoms with Crippen molar-refractivity contribution in [2.45, 2.75) is 39.0 Å². The third-order valence-corrected chi connectivity index (χ3v) is 2.28. The minimum Gasteiger partial charge on any atom is -0.350 e. The normalized spacial score (nSPS) is 12.0. The van der Waals surface area contributed by atoms with E-state index in [0.717, 1.165) is 18.7 Å². The summed E-state index contributed by atoms with van der Waals surface area (Å²) in [5.74, 6) is 0. The van der Waals surface area contributed by atoms with Gasteiger partial charge in [0.15, 0.2) is 0 Å². The second-order valence-electron chi connectivity index (χ2n) is 3.73. The maximum absolute atomic E-state index is 11.9. The Kier molecular flexibility index (Phi) is 4.86. The highest BCUT2D eigenvalue weighted by Crippen LogP contribution is 2.18. The molecular weight excluding hydrogens is 217 g/mol. The topological polar surface area (TPSA) is 17.0 Å². The van der Waals surface area contributed by atoms with Gasteiger partial charge in [-0.3, -0.25) is 0 Å². The molecule has 0 amide bonds. The average Bonchev–Trinajstić information content (AvgIpc) is 2.60. The number of hydrogen-bond donors (Lipinski definition) is 1. The highest BCUT2D eigenvalue weighted by atomic mass is 19.4. The second kappa shape index (κ2) is 5.94. The first-order chi connectivity index (χ1) is 7.53. The summed E-state index contributed by atoms with van der Waals surface area (Å²) >= 11 is 0. The van der Waals surface area contributed by atoms with Crippen LogP contribution < -0.4 is 5.32 Å². The standard InChI is InChI=1S/C11H17F3N2/c1-2-7-16-8-3-4-10(16)9-15-6-5-11(12,13)14/h3-4,8,15H,2,5-7,9H2,1H3. The van der Waals surface area contributed by atoms with Gasteiger partial charge in [-0.1, -0.05) is 6.92 Å². The van der Waals surface area contributed by atoms with Gasteiger partial charge in [-0.2, -0.15) is 13.2 Å². The van der Waals surface area contributed by atoms with Gasteiger partial charge in [0.25, 0.3) is 0 Å². The van der Waals surface area contributed by atoms with Crippen LogP contribution >= 0.6 is 0 Å². The zero-order chi connectivity index (χ0) is 12.0. The SMILES string of the molecule is CCCn1cccc1CNCCC(F)(F)F. The fourth-order valence-corrected chi connectivity index (χ4v) is 1.52. The van der Waals surface area contributed by atoms with E-state index in [0.29, 0.717) is 6.54 Å². The van der Waals surface area contributed by atoms with Crippen molar-refractivity contribution in [2.75, 3.05) is 6.54 Å². The van der Waals surface area contributed by atoms with Crippen LogP contribution in [0.1, 0.15) is 25.5 Å². The summed E-state index contributed by atoms with van der Waals surface area (Å²) in [5.41, 5.74) is 1.03. The molecule has 0 aliphatic rings. The van der Waals surface area contributed by atoms with E-state index in [1.807, 2.05) is 18.3 Å². The lowest BCUT2D eigenvalue weighted by molar-refractivity contribution is -0.133. The van der Waals surface area contributed by atoms with Crippen molar-refractivity contribution in [3.63, 3.8) is 0 Å². The van der Waals surface area contributed by atoms with Crippen LogP contribution in [0.15, 0.2) is 18.3 Å². The van der Waals surface area contributed by atoms with E-state index in [-0.39, 0.29) is 6.54 Å². The number of nitrogens with zero attached hydrogens (tertiary/aromatic N) is 1. The zero-order valence-electron chi connectivity index (χ0n) is 9.35. The van der Waals surface area contributed by atoms with Crippen molar-refractivity contribution in [2.24, 2.45) is 0 Å². The molecular formula is C11H17F3N2. The monoisotopic (exact) mass is 234 g/mol. The number of aryl methyl sites for hydroxylation is 1. The lowest BCUT2D eigenvalue weighted by Crippen LogP contribution is -2.22. The van der Waals surface area contributed by atoms with Crippen molar-refractivity contribution in [3.8, 4) is 0 Å². The summed E-state index contributed by atoms with van der Waals surface area (Å²) in [5, 5.41) is 2.80. The number of aromatic nitrogens is 1. The van der Waals surface area contributed by atoms with E-state index in [9.17, 15) is 13.2 Å². The predicted molar refractivity (Wildman–Crippen MR) is 57.1 cm³/mol. The van der Waals surface area contributed by atoms with Gasteiger partial charge in [-0.05, 0) is 18.6 Å². The van der Waals surface area contributed by atoms with Crippen molar-refractivity contribution in [1.82, 2.24) is 9.88 Å². The number of rotatable bonds is 6. The number of halogens is 3. The zero-order valence-corrected chi connectivity index (χ0v) is 9.35. The van der Waals surface area contributed by atoms with Crippen molar-refractivity contribution < 1.29 is 13.2 Å². The predicted octanol–water partition coefficient (Wildman–Crippen LogP) is 2.94. The molecule has 0 fully saturated rings. The van der Waals surface area contributed by atoms with Gasteiger partial charge >= 0.3 is 6.18 Å². The molecule has 2 nitrogen and oxygen atoms in total. The van der Waals surface area contributed by atoms with Crippen molar-refractivity contribution in [1.29, 1.82) is 0 Å². The summed E-state index contributed by atoms with van der Waals surface area (Å²) in [6.07, 6.45) is -1.88. The molecule has 0 atom stereocenters. The number of nitrogens with one attached hydrogen (secondary N) is 1. The first kappa shape index (κ1) is 13.1. The Morgan fingerprint density at radius 1 is 1.38 bits per heavy atom. The number of hydrogen-bond acceptors (Lipinski definition) is 1. The van der Waals surface area contributed by atoms with Gasteiger partial charge in [0.1, 0.15) is 0 Å². The van der Waals surface area contributed by atoms with Crippen molar-refractivity contribution in [3.05, 3.63) is 24.0 Å². The average molecular weight is 234 g/mol. The summed E-state index contributed by atoms with van der Waals surface area (Å²) in [6.45, 7) is 3.44. The van der Waals surface area contributed by atoms with E-state index in [1.165, 1.54) is 0 Å². The third-order valence-electron chi connectivity index (χ3n) is 2.28. The van der Waals surface area contributed by atoms with Crippen LogP contribution in [0.25, 0.3) is 0 Å². The molecule has 0 spiro atoms. The highest BCUT2D eigenvalue weighted by molar-refractivity contribution is 5.06. The molecule has 0 saturated heterocycles. The van der Waals surface area contributed by atoms with Gasteiger partial charge in [0.05, 0.1) is 6.42 Å². The van der Waals surface area contributed by atoms with Crippen LogP contribution in [0.3, 0.4) is 0 Å². The molecule has 0 aliphatic heterocycles. The van der Waals surface area contributed by atoms with E-state index in [1.54, 1.807) is 0 Å². The largest absolute Gasteiger partial charge is 0.390 e. The molecule has 1 N–H and O–H groups in total. The minimum absolute atomic E-state index is 0.0270. The molecule has 0 radical (unpaired) electrons. The summed E-state index contributed by atoms with van der Waals surface area (Å²) in [6, 6.07) is 3.84. The molecule has 0 aliphatic carbocycles. The molecule has 0 saturated carbocycles. The maximum Gasteiger partial charge on any atom is 0.390 e. The van der Waals surface area contributed by atoms with Crippen LogP contribution in [-0.2, 0) is 13.1 Å². The minimum atomic E-state index is -4.07. The van der Waals surface area contributed by atoms with E-state index < -0.39 is 12.6 Å². The summed E-state index contributed by atoms with van der Waals surface area (Å²) in [4.78, 5) is 0. The first-order valence-corrected chi connectivity index (χ1v) is 5.44. The van der Waals surface area contributed by atoms with Gasteiger partial charge in [-0.25, -0.2) is 0 Å². The maximum atomic E-state index is 11.9. The van der Waals surface area contributed by atoms with Crippen LogP contribution in [0.2, 0.25) is 0 Å². The quantitative estimate of drug-likeness (QED) is 0.749. The van der Waals surface area contributed by atoms with Crippen LogP contribution in [0.4, 0.5) is 13.2 Å². The third kappa shape index (κ3) is 4.70. The molecule has 1 heterocycles. The van der Waals surface area contributed by atoms with E-state index in [4.69, 9.17) is 0 Å². The Morgan fingerprint density at radius 2 is 2.12 bits per heavy atom. The van der Waals surface area contributed by atoms with Gasteiger partial charge < -0.3 is 9.88 Å². The molecule has 0 aromatic carbocycles. The molecule has 0 unspecified atom stereocenters. The molecule has 1 aromatic rings. The Morgan fingerprint density at radius 3 is 2.75 bits per heavy atom. The fraction of sp³-hybridized carbons (Fsp3) is 0.636. The fourth-order valence-electron chi connectivity index (χ4n) is 1.52. The first-order valence-electron chi connectivity index (χ1n) is 5.44. The lowest BCUT2D eigenvalue weighted by Gasteiger charge is -2.10. The van der Waals surface area contributed by atoms with Crippen molar-refractivity contribution >= 4 is 0 Å². The Balaban J connectivity index is 2.29. The van der Waals surface area contributed by atoms with E-state index >= 15 is 0 Å². The molecule has 16 heavy (non-hydrogen) atoms. The summed E-state index contributed by atoms with van der Waals surface area (Å²) < 4.78 is 37.7. The second-order valence-corrected chi connectivity index (χ2v) is 3.73. The molecule has 1 aromatic heterocycles. The smallest absolute Gasteiger partial charge is 0.350 e. The van der Waals surface area contributed by atoms with Crippen LogP contribution in [0, 0.1) is 0 Å². The van der Waals surface area contributed by atoms with Crippen LogP contribution in [-0.4, -0.2) is 17.3 Å². The number of alkyl halides is 3. The molecule has 1 rings (SSSR count). The summed E-state index contributed by atoms with van der Waals surface area (Å²) in [7, 11) is 0. The molecule has 92 valence electrons.